The van der Waals surface area contributed by atoms with Crippen LogP contribution in [-0.2, 0) is 6.42 Å². The lowest BCUT2D eigenvalue weighted by atomic mass is 10.0. The molecule has 0 aliphatic carbocycles. The molecular weight excluding hydrogens is 368 g/mol. The Kier molecular flexibility index (Phi) is 12.6. The van der Waals surface area contributed by atoms with Gasteiger partial charge in [-0.15, -0.1) is 0 Å². The molecule has 3 heteroatoms. The molecule has 0 unspecified atom stereocenters. The van der Waals surface area contributed by atoms with Gasteiger partial charge in [-0.05, 0) is 31.2 Å². The van der Waals surface area contributed by atoms with Crippen LogP contribution < -0.4 is 4.74 Å². The maximum absolute atomic E-state index is 5.72. The van der Waals surface area contributed by atoms with E-state index in [-0.39, 0.29) is 0 Å². The molecule has 0 N–H and O–H groups in total. The Morgan fingerprint density at radius 1 is 0.733 bits per heavy atom. The van der Waals surface area contributed by atoms with Gasteiger partial charge in [-0.25, -0.2) is 9.97 Å². The van der Waals surface area contributed by atoms with Gasteiger partial charge in [-0.1, -0.05) is 102 Å². The lowest BCUT2D eigenvalue weighted by molar-refractivity contribution is 0.359. The molecule has 0 bridgehead atoms. The Morgan fingerprint density at radius 2 is 1.37 bits per heavy atom. The Labute approximate surface area is 184 Å². The van der Waals surface area contributed by atoms with E-state index in [9.17, 15) is 0 Å². The lowest BCUT2D eigenvalue weighted by Crippen LogP contribution is -1.96. The summed E-state index contributed by atoms with van der Waals surface area (Å²) in [7, 11) is 0. The number of unbranched alkanes of at least 4 members (excludes halogenated alkanes) is 9. The highest BCUT2D eigenvalue weighted by Crippen LogP contribution is 2.18. The predicted octanol–water partition coefficient (Wildman–Crippen LogP) is 7.95. The number of ether oxygens (including phenoxy) is 1. The quantitative estimate of drug-likeness (QED) is 0.209. The number of rotatable bonds is 16. The van der Waals surface area contributed by atoms with Crippen LogP contribution in [0.2, 0.25) is 0 Å². The molecule has 0 radical (unpaired) electrons. The molecule has 1 aromatic heterocycles. The highest BCUT2D eigenvalue weighted by molar-refractivity contribution is 5.55. The molecule has 1 heterocycles. The molecule has 0 aliphatic heterocycles. The van der Waals surface area contributed by atoms with Gasteiger partial charge in [0.1, 0.15) is 6.61 Å². The van der Waals surface area contributed by atoms with E-state index in [4.69, 9.17) is 4.74 Å². The van der Waals surface area contributed by atoms with Crippen molar-refractivity contribution in [2.45, 2.75) is 90.9 Å². The molecule has 0 aliphatic rings. The van der Waals surface area contributed by atoms with Gasteiger partial charge in [-0.2, -0.15) is 0 Å². The summed E-state index contributed by atoms with van der Waals surface area (Å²) < 4.78 is 5.72. The molecule has 0 atom stereocenters. The van der Waals surface area contributed by atoms with Crippen molar-refractivity contribution in [3.8, 4) is 17.1 Å². The maximum atomic E-state index is 5.72. The zero-order valence-electron chi connectivity index (χ0n) is 19.1. The summed E-state index contributed by atoms with van der Waals surface area (Å²) in [5.74, 6) is 1.47. The summed E-state index contributed by atoms with van der Waals surface area (Å²) in [5, 5.41) is 0. The zero-order valence-corrected chi connectivity index (χ0v) is 19.1. The summed E-state index contributed by atoms with van der Waals surface area (Å²) in [4.78, 5) is 8.94. The first-order valence-electron chi connectivity index (χ1n) is 12.0. The molecule has 2 rings (SSSR count). The van der Waals surface area contributed by atoms with Gasteiger partial charge in [0.25, 0.3) is 0 Å². The van der Waals surface area contributed by atoms with E-state index in [0.717, 1.165) is 30.0 Å². The van der Waals surface area contributed by atoms with E-state index in [2.05, 4.69) is 60.2 Å². The third kappa shape index (κ3) is 10.0. The van der Waals surface area contributed by atoms with Crippen LogP contribution in [0.4, 0.5) is 0 Å². The fraction of sp³-hybridized carbons (Fsp3) is 0.556. The van der Waals surface area contributed by atoms with Crippen LogP contribution in [0.25, 0.3) is 11.4 Å². The zero-order chi connectivity index (χ0) is 21.3. The van der Waals surface area contributed by atoms with Crippen LogP contribution in [0.3, 0.4) is 0 Å². The molecule has 3 nitrogen and oxygen atoms in total. The minimum Gasteiger partial charge on any atom is -0.486 e. The smallest absolute Gasteiger partial charge is 0.159 e. The van der Waals surface area contributed by atoms with Gasteiger partial charge in [0.15, 0.2) is 11.6 Å². The summed E-state index contributed by atoms with van der Waals surface area (Å²) in [6, 6.07) is 8.66. The largest absolute Gasteiger partial charge is 0.486 e. The highest BCUT2D eigenvalue weighted by Gasteiger charge is 2.03. The third-order valence-electron chi connectivity index (χ3n) is 5.40. The van der Waals surface area contributed by atoms with Crippen LogP contribution in [0.1, 0.15) is 90.0 Å². The van der Waals surface area contributed by atoms with Crippen LogP contribution >= 0.6 is 0 Å². The first-order chi connectivity index (χ1) is 14.8. The van der Waals surface area contributed by atoms with Crippen molar-refractivity contribution in [2.24, 2.45) is 0 Å². The molecule has 0 amide bonds. The van der Waals surface area contributed by atoms with Gasteiger partial charge >= 0.3 is 0 Å². The normalized spacial score (nSPS) is 11.3. The third-order valence-corrected chi connectivity index (χ3v) is 5.40. The predicted molar refractivity (Wildman–Crippen MR) is 128 cm³/mol. The Balaban J connectivity index is 1.68. The SMILES string of the molecule is CCCCCCCC=CCOc1cnc(-c2ccc(CCCCCCC)cc2)nc1. The van der Waals surface area contributed by atoms with Crippen molar-refractivity contribution in [1.29, 1.82) is 0 Å². The molecule has 0 fully saturated rings. The lowest BCUT2D eigenvalue weighted by Gasteiger charge is -2.06. The standard InChI is InChI=1S/C27H40N2O/c1-3-5-7-9-10-11-13-15-21-30-26-22-28-27(29-23-26)25-19-17-24(18-20-25)16-14-12-8-6-4-2/h13,15,17-20,22-23H,3-12,14,16,21H2,1-2H3. The van der Waals surface area contributed by atoms with Crippen molar-refractivity contribution in [3.63, 3.8) is 0 Å². The van der Waals surface area contributed by atoms with Gasteiger partial charge in [0.05, 0.1) is 12.4 Å². The summed E-state index contributed by atoms with van der Waals surface area (Å²) >= 11 is 0. The first-order valence-corrected chi connectivity index (χ1v) is 12.0. The molecule has 0 saturated heterocycles. The van der Waals surface area contributed by atoms with Gasteiger partial charge in [0.2, 0.25) is 0 Å². The number of aryl methyl sites for hydroxylation is 1. The average molecular weight is 409 g/mol. The number of aromatic nitrogens is 2. The highest BCUT2D eigenvalue weighted by atomic mass is 16.5. The fourth-order valence-electron chi connectivity index (χ4n) is 3.49. The molecule has 0 spiro atoms. The van der Waals surface area contributed by atoms with E-state index >= 15 is 0 Å². The number of hydrogen-bond donors (Lipinski definition) is 0. The second-order valence-electron chi connectivity index (χ2n) is 8.09. The van der Waals surface area contributed by atoms with E-state index in [1.807, 2.05) is 0 Å². The number of allylic oxidation sites excluding steroid dienone is 1. The summed E-state index contributed by atoms with van der Waals surface area (Å²) in [6.45, 7) is 5.08. The number of benzene rings is 1. The molecule has 1 aromatic carbocycles. The van der Waals surface area contributed by atoms with Crippen LogP contribution in [0, 0.1) is 0 Å². The second-order valence-corrected chi connectivity index (χ2v) is 8.09. The molecule has 30 heavy (non-hydrogen) atoms. The number of nitrogens with zero attached hydrogens (tertiary/aromatic N) is 2. The van der Waals surface area contributed by atoms with Gasteiger partial charge < -0.3 is 4.74 Å². The summed E-state index contributed by atoms with van der Waals surface area (Å²) in [5.41, 5.74) is 2.45. The Hall–Kier alpha value is -2.16. The number of hydrogen-bond acceptors (Lipinski definition) is 3. The molecule has 164 valence electrons. The van der Waals surface area contributed by atoms with E-state index < -0.39 is 0 Å². The van der Waals surface area contributed by atoms with E-state index in [0.29, 0.717) is 6.61 Å². The summed E-state index contributed by atoms with van der Waals surface area (Å²) in [6.07, 6.45) is 23.3. The van der Waals surface area contributed by atoms with Gasteiger partial charge in [-0.3, -0.25) is 0 Å². The topological polar surface area (TPSA) is 35.0 Å². The maximum Gasteiger partial charge on any atom is 0.159 e. The average Bonchev–Trinajstić information content (AvgIpc) is 2.79. The van der Waals surface area contributed by atoms with Gasteiger partial charge in [0, 0.05) is 5.56 Å². The molecule has 0 saturated carbocycles. The van der Waals surface area contributed by atoms with Crippen molar-refractivity contribution < 1.29 is 4.74 Å². The second kappa shape index (κ2) is 15.6. The van der Waals surface area contributed by atoms with Crippen molar-refractivity contribution in [1.82, 2.24) is 9.97 Å². The minimum absolute atomic E-state index is 0.574. The fourth-order valence-corrected chi connectivity index (χ4v) is 3.49. The molecular formula is C27H40N2O. The van der Waals surface area contributed by atoms with Crippen molar-refractivity contribution in [3.05, 3.63) is 54.4 Å². The van der Waals surface area contributed by atoms with Crippen molar-refractivity contribution in [2.75, 3.05) is 6.61 Å². The van der Waals surface area contributed by atoms with E-state index in [1.54, 1.807) is 12.4 Å². The van der Waals surface area contributed by atoms with Crippen molar-refractivity contribution >= 4 is 0 Å². The minimum atomic E-state index is 0.574. The van der Waals surface area contributed by atoms with E-state index in [1.165, 1.54) is 69.8 Å². The monoisotopic (exact) mass is 408 g/mol. The molecule has 2 aromatic rings. The Bertz CT molecular complexity index is 692. The first kappa shape index (κ1) is 24.1. The van der Waals surface area contributed by atoms with Crippen LogP contribution in [0.15, 0.2) is 48.8 Å². The Morgan fingerprint density at radius 3 is 2.03 bits per heavy atom. The van der Waals surface area contributed by atoms with Crippen LogP contribution in [0.5, 0.6) is 5.75 Å². The van der Waals surface area contributed by atoms with Crippen LogP contribution in [-0.4, -0.2) is 16.6 Å².